The molecule has 0 spiro atoms. The Kier molecular flexibility index (Phi) is 4.40. The molecule has 1 saturated heterocycles. The van der Waals surface area contributed by atoms with E-state index in [2.05, 4.69) is 20.9 Å². The fourth-order valence-corrected chi connectivity index (χ4v) is 3.62. The van der Waals surface area contributed by atoms with E-state index in [4.69, 9.17) is 4.74 Å². The third-order valence-corrected chi connectivity index (χ3v) is 5.12. The highest BCUT2D eigenvalue weighted by Crippen LogP contribution is 2.27. The van der Waals surface area contributed by atoms with E-state index in [0.29, 0.717) is 18.7 Å². The lowest BCUT2D eigenvalue weighted by Gasteiger charge is -2.18. The quantitative estimate of drug-likeness (QED) is 0.662. The fraction of sp³-hybridized carbons (Fsp3) is 0.200. The number of halogens is 1. The first-order chi connectivity index (χ1) is 12.2. The minimum Gasteiger partial charge on any atom is -0.486 e. The molecule has 4 nitrogen and oxygen atoms in total. The summed E-state index contributed by atoms with van der Waals surface area (Å²) in [5, 5.41) is 1.05. The number of carbonyl (C=O) groups is 1. The molecule has 1 aliphatic rings. The molecular formula is C20H17BrN2O2. The number of likely N-dealkylation sites (tertiary alicyclic amines) is 1. The Morgan fingerprint density at radius 2 is 1.96 bits per heavy atom. The summed E-state index contributed by atoms with van der Waals surface area (Å²) in [6.45, 7) is 1.28. The number of amides is 1. The lowest BCUT2D eigenvalue weighted by atomic mass is 10.2. The first-order valence-corrected chi connectivity index (χ1v) is 9.06. The average molecular weight is 397 g/mol. The lowest BCUT2D eigenvalue weighted by Crippen LogP contribution is -2.31. The molecule has 0 bridgehead atoms. The number of rotatable bonds is 3. The number of fused-ring (bicyclic) bond motifs is 1. The number of pyridine rings is 1. The molecule has 1 aromatic heterocycles. The van der Waals surface area contributed by atoms with Crippen molar-refractivity contribution >= 4 is 32.7 Å². The minimum absolute atomic E-state index is 0.0148. The number of nitrogens with zero attached hydrogens (tertiary/aromatic N) is 2. The van der Waals surface area contributed by atoms with Gasteiger partial charge in [-0.05, 0) is 40.2 Å². The van der Waals surface area contributed by atoms with Gasteiger partial charge in [0, 0.05) is 29.0 Å². The summed E-state index contributed by atoms with van der Waals surface area (Å²) in [5.41, 5.74) is 1.55. The second kappa shape index (κ2) is 6.84. The minimum atomic E-state index is -0.0148. The molecule has 4 rings (SSSR count). The van der Waals surface area contributed by atoms with Crippen LogP contribution in [0.15, 0.2) is 65.3 Å². The fourth-order valence-electron chi connectivity index (χ4n) is 3.16. The van der Waals surface area contributed by atoms with Gasteiger partial charge < -0.3 is 9.64 Å². The van der Waals surface area contributed by atoms with Crippen LogP contribution in [0.2, 0.25) is 0 Å². The van der Waals surface area contributed by atoms with Gasteiger partial charge in [-0.1, -0.05) is 30.3 Å². The van der Waals surface area contributed by atoms with Gasteiger partial charge in [0.05, 0.1) is 12.1 Å². The molecule has 2 aromatic carbocycles. The van der Waals surface area contributed by atoms with Crippen LogP contribution in [0.25, 0.3) is 10.9 Å². The first kappa shape index (κ1) is 16.1. The van der Waals surface area contributed by atoms with Crippen LogP contribution in [0.3, 0.4) is 0 Å². The number of para-hydroxylation sites is 1. The number of benzene rings is 2. The van der Waals surface area contributed by atoms with Crippen LogP contribution in [0.5, 0.6) is 5.75 Å². The van der Waals surface area contributed by atoms with Gasteiger partial charge in [0.2, 0.25) is 0 Å². The van der Waals surface area contributed by atoms with Crippen LogP contribution in [-0.4, -0.2) is 35.0 Å². The molecule has 0 aliphatic carbocycles. The van der Waals surface area contributed by atoms with Crippen molar-refractivity contribution in [2.24, 2.45) is 0 Å². The van der Waals surface area contributed by atoms with Crippen molar-refractivity contribution in [2.75, 3.05) is 13.1 Å². The molecule has 1 amide bonds. The van der Waals surface area contributed by atoms with Crippen LogP contribution in [0, 0.1) is 0 Å². The van der Waals surface area contributed by atoms with E-state index in [1.54, 1.807) is 6.20 Å². The standard InChI is InChI=1S/C20H17BrN2O2/c21-17-8-2-1-7-16(17)20(24)23-12-10-15(13-23)25-18-9-3-5-14-6-4-11-22-19(14)18/h1-9,11,15H,10,12-13H2/t15-/m0/s1. The van der Waals surface area contributed by atoms with Gasteiger partial charge >= 0.3 is 0 Å². The van der Waals surface area contributed by atoms with Gasteiger partial charge in [-0.25, -0.2) is 0 Å². The second-order valence-corrected chi connectivity index (χ2v) is 6.95. The molecule has 0 radical (unpaired) electrons. The van der Waals surface area contributed by atoms with Gasteiger partial charge in [-0.3, -0.25) is 9.78 Å². The molecule has 1 fully saturated rings. The van der Waals surface area contributed by atoms with Crippen LogP contribution in [-0.2, 0) is 0 Å². The summed E-state index contributed by atoms with van der Waals surface area (Å²) in [6, 6.07) is 17.4. The predicted molar refractivity (Wildman–Crippen MR) is 101 cm³/mol. The maximum atomic E-state index is 12.7. The van der Waals surface area contributed by atoms with Gasteiger partial charge in [0.15, 0.2) is 0 Å². The SMILES string of the molecule is O=C(c1ccccc1Br)N1CC[C@H](Oc2cccc3cccnc23)C1. The van der Waals surface area contributed by atoms with E-state index in [1.807, 2.05) is 59.5 Å². The molecule has 2 heterocycles. The maximum absolute atomic E-state index is 12.7. The summed E-state index contributed by atoms with van der Waals surface area (Å²) in [5.74, 6) is 0.813. The Labute approximate surface area is 154 Å². The highest BCUT2D eigenvalue weighted by atomic mass is 79.9. The van der Waals surface area contributed by atoms with Crippen LogP contribution in [0.4, 0.5) is 0 Å². The monoisotopic (exact) mass is 396 g/mol. The molecule has 3 aromatic rings. The summed E-state index contributed by atoms with van der Waals surface area (Å²) in [7, 11) is 0. The van der Waals surface area contributed by atoms with Crippen molar-refractivity contribution in [3.63, 3.8) is 0 Å². The Morgan fingerprint density at radius 3 is 2.84 bits per heavy atom. The highest BCUT2D eigenvalue weighted by Gasteiger charge is 2.29. The van der Waals surface area contributed by atoms with Crippen molar-refractivity contribution in [3.05, 3.63) is 70.8 Å². The van der Waals surface area contributed by atoms with E-state index in [1.165, 1.54) is 0 Å². The van der Waals surface area contributed by atoms with Crippen molar-refractivity contribution in [2.45, 2.75) is 12.5 Å². The molecule has 0 saturated carbocycles. The van der Waals surface area contributed by atoms with Crippen molar-refractivity contribution in [1.82, 2.24) is 9.88 Å². The first-order valence-electron chi connectivity index (χ1n) is 8.26. The van der Waals surface area contributed by atoms with Gasteiger partial charge in [0.25, 0.3) is 5.91 Å². The molecule has 126 valence electrons. The topological polar surface area (TPSA) is 42.4 Å². The third kappa shape index (κ3) is 3.24. The number of ether oxygens (including phenoxy) is 1. The van der Waals surface area contributed by atoms with Gasteiger partial charge in [0.1, 0.15) is 17.4 Å². The van der Waals surface area contributed by atoms with Crippen molar-refractivity contribution in [1.29, 1.82) is 0 Å². The molecule has 1 aliphatic heterocycles. The Morgan fingerprint density at radius 1 is 1.12 bits per heavy atom. The molecule has 5 heteroatoms. The van der Waals surface area contributed by atoms with Gasteiger partial charge in [-0.2, -0.15) is 0 Å². The molecule has 0 unspecified atom stereocenters. The zero-order valence-electron chi connectivity index (χ0n) is 13.6. The highest BCUT2D eigenvalue weighted by molar-refractivity contribution is 9.10. The average Bonchev–Trinajstić information content (AvgIpc) is 3.10. The Balaban J connectivity index is 1.49. The molecule has 25 heavy (non-hydrogen) atoms. The van der Waals surface area contributed by atoms with E-state index in [0.717, 1.165) is 27.5 Å². The van der Waals surface area contributed by atoms with E-state index < -0.39 is 0 Å². The summed E-state index contributed by atoms with van der Waals surface area (Å²) >= 11 is 3.45. The molecule has 0 N–H and O–H groups in total. The van der Waals surface area contributed by atoms with E-state index in [9.17, 15) is 4.79 Å². The Bertz CT molecular complexity index is 923. The summed E-state index contributed by atoms with van der Waals surface area (Å²) in [4.78, 5) is 19.0. The zero-order valence-corrected chi connectivity index (χ0v) is 15.1. The number of carbonyl (C=O) groups excluding carboxylic acids is 1. The number of aromatic nitrogens is 1. The summed E-state index contributed by atoms with van der Waals surface area (Å²) < 4.78 is 6.99. The number of hydrogen-bond acceptors (Lipinski definition) is 3. The van der Waals surface area contributed by atoms with Crippen molar-refractivity contribution < 1.29 is 9.53 Å². The largest absolute Gasteiger partial charge is 0.486 e. The van der Waals surface area contributed by atoms with Crippen LogP contribution in [0.1, 0.15) is 16.8 Å². The smallest absolute Gasteiger partial charge is 0.255 e. The van der Waals surface area contributed by atoms with Crippen LogP contribution < -0.4 is 4.74 Å². The maximum Gasteiger partial charge on any atom is 0.255 e. The van der Waals surface area contributed by atoms with E-state index in [-0.39, 0.29) is 12.0 Å². The van der Waals surface area contributed by atoms with Crippen molar-refractivity contribution in [3.8, 4) is 5.75 Å². The summed E-state index contributed by atoms with van der Waals surface area (Å²) in [6.07, 6.45) is 2.57. The second-order valence-electron chi connectivity index (χ2n) is 6.09. The number of hydrogen-bond donors (Lipinski definition) is 0. The zero-order chi connectivity index (χ0) is 17.2. The predicted octanol–water partition coefficient (Wildman–Crippen LogP) is 4.29. The van der Waals surface area contributed by atoms with Gasteiger partial charge in [-0.15, -0.1) is 0 Å². The molecule has 1 atom stereocenters. The third-order valence-electron chi connectivity index (χ3n) is 4.43. The normalized spacial score (nSPS) is 17.0. The molecular weight excluding hydrogens is 380 g/mol. The Hall–Kier alpha value is -2.40. The lowest BCUT2D eigenvalue weighted by molar-refractivity contribution is 0.0772. The van der Waals surface area contributed by atoms with Crippen LogP contribution >= 0.6 is 15.9 Å². The van der Waals surface area contributed by atoms with E-state index >= 15 is 0 Å².